The van der Waals surface area contributed by atoms with Crippen LogP contribution >= 0.6 is 0 Å². The van der Waals surface area contributed by atoms with Gasteiger partial charge in [-0.05, 0) is 59.2 Å². The van der Waals surface area contributed by atoms with Gasteiger partial charge < -0.3 is 10.1 Å². The fraction of sp³-hybridized carbons (Fsp3) is 0.0690. The molecule has 1 amide bonds. The molecular weight excluding hydrogens is 424 g/mol. The van der Waals surface area contributed by atoms with Crippen molar-refractivity contribution in [3.63, 3.8) is 0 Å². The highest BCUT2D eigenvalue weighted by atomic mass is 16.5. The number of hydrogen-bond acceptors (Lipinski definition) is 4. The molecule has 4 rings (SSSR count). The van der Waals surface area contributed by atoms with Crippen molar-refractivity contribution in [2.45, 2.75) is 13.5 Å². The Morgan fingerprint density at radius 3 is 2.50 bits per heavy atom. The number of para-hydroxylation sites is 1. The number of nitrogens with zero attached hydrogens (tertiary/aromatic N) is 1. The summed E-state index contributed by atoms with van der Waals surface area (Å²) in [5.74, 6) is -0.131. The molecule has 4 aromatic carbocycles. The molecule has 0 aliphatic rings. The van der Waals surface area contributed by atoms with Crippen LogP contribution in [-0.4, -0.2) is 11.7 Å². The molecule has 0 unspecified atom stereocenters. The van der Waals surface area contributed by atoms with Crippen LogP contribution in [0.25, 0.3) is 16.8 Å². The Hall–Kier alpha value is -4.69. The summed E-state index contributed by atoms with van der Waals surface area (Å²) in [7, 11) is 0. The van der Waals surface area contributed by atoms with Crippen LogP contribution in [0.3, 0.4) is 0 Å². The van der Waals surface area contributed by atoms with E-state index in [2.05, 4.69) is 23.5 Å². The summed E-state index contributed by atoms with van der Waals surface area (Å²) >= 11 is 0. The molecule has 0 atom stereocenters. The maximum atomic E-state index is 12.7. The highest BCUT2D eigenvalue weighted by Crippen LogP contribution is 2.22. The van der Waals surface area contributed by atoms with E-state index in [4.69, 9.17) is 4.74 Å². The monoisotopic (exact) mass is 446 g/mol. The Labute approximate surface area is 197 Å². The number of amides is 1. The van der Waals surface area contributed by atoms with Crippen molar-refractivity contribution >= 4 is 34.2 Å². The summed E-state index contributed by atoms with van der Waals surface area (Å²) in [6.07, 6.45) is 1.50. The Morgan fingerprint density at radius 2 is 1.68 bits per heavy atom. The number of carbonyl (C=O) groups excluding carboxylic acids is 2. The van der Waals surface area contributed by atoms with Gasteiger partial charge in [-0.1, -0.05) is 66.7 Å². The Kier molecular flexibility index (Phi) is 6.81. The standard InChI is InChI=1S/C29H22N2O3/c1-20(32)26-13-4-5-15-28(26)31-29(33)24(18-30)16-21-8-6-12-25(17-21)34-19-23-11-7-10-22-9-2-3-14-27(22)23/h2-17H,19H2,1H3,(H,31,33)/b24-16-. The highest BCUT2D eigenvalue weighted by Gasteiger charge is 2.13. The molecule has 5 nitrogen and oxygen atoms in total. The minimum atomic E-state index is -0.585. The van der Waals surface area contributed by atoms with E-state index in [9.17, 15) is 14.9 Å². The third-order valence-corrected chi connectivity index (χ3v) is 5.36. The first-order valence-corrected chi connectivity index (χ1v) is 10.8. The predicted octanol–water partition coefficient (Wildman–Crippen LogP) is 6.17. The third-order valence-electron chi connectivity index (χ3n) is 5.36. The van der Waals surface area contributed by atoms with Crippen LogP contribution in [0.15, 0.2) is 96.6 Å². The molecule has 0 aromatic heterocycles. The minimum Gasteiger partial charge on any atom is -0.489 e. The molecule has 0 spiro atoms. The van der Waals surface area contributed by atoms with Crippen LogP contribution in [-0.2, 0) is 11.4 Å². The first-order chi connectivity index (χ1) is 16.5. The van der Waals surface area contributed by atoms with Gasteiger partial charge in [-0.2, -0.15) is 5.26 Å². The average molecular weight is 447 g/mol. The Bertz CT molecular complexity index is 1440. The van der Waals surface area contributed by atoms with Gasteiger partial charge in [0, 0.05) is 5.56 Å². The molecule has 0 aliphatic heterocycles. The predicted molar refractivity (Wildman–Crippen MR) is 133 cm³/mol. The number of nitriles is 1. The van der Waals surface area contributed by atoms with E-state index in [0.717, 1.165) is 16.3 Å². The number of nitrogens with one attached hydrogen (secondary N) is 1. The molecule has 1 N–H and O–H groups in total. The van der Waals surface area contributed by atoms with Crippen molar-refractivity contribution in [1.29, 1.82) is 5.26 Å². The lowest BCUT2D eigenvalue weighted by molar-refractivity contribution is -0.112. The molecule has 4 aromatic rings. The zero-order valence-corrected chi connectivity index (χ0v) is 18.6. The van der Waals surface area contributed by atoms with E-state index in [-0.39, 0.29) is 11.4 Å². The van der Waals surface area contributed by atoms with Crippen molar-refractivity contribution in [3.8, 4) is 11.8 Å². The van der Waals surface area contributed by atoms with Crippen LogP contribution in [0.4, 0.5) is 5.69 Å². The van der Waals surface area contributed by atoms with Gasteiger partial charge in [0.15, 0.2) is 5.78 Å². The van der Waals surface area contributed by atoms with Gasteiger partial charge in [0.2, 0.25) is 0 Å². The topological polar surface area (TPSA) is 79.2 Å². The van der Waals surface area contributed by atoms with E-state index >= 15 is 0 Å². The number of rotatable bonds is 7. The number of anilines is 1. The first kappa shape index (κ1) is 22.5. The van der Waals surface area contributed by atoms with Crippen LogP contribution in [0, 0.1) is 11.3 Å². The summed E-state index contributed by atoms with van der Waals surface area (Å²) in [5, 5.41) is 14.5. The fourth-order valence-electron chi connectivity index (χ4n) is 3.68. The molecule has 0 saturated heterocycles. The van der Waals surface area contributed by atoms with Crippen molar-refractivity contribution in [1.82, 2.24) is 0 Å². The second-order valence-corrected chi connectivity index (χ2v) is 7.73. The number of ether oxygens (including phenoxy) is 1. The zero-order chi connectivity index (χ0) is 23.9. The van der Waals surface area contributed by atoms with E-state index in [1.807, 2.05) is 42.5 Å². The summed E-state index contributed by atoms with van der Waals surface area (Å²) in [6, 6.07) is 30.1. The van der Waals surface area contributed by atoms with E-state index in [1.54, 1.807) is 36.4 Å². The number of hydrogen-bond donors (Lipinski definition) is 1. The molecule has 5 heteroatoms. The fourth-order valence-corrected chi connectivity index (χ4v) is 3.68. The van der Waals surface area contributed by atoms with Crippen LogP contribution in [0.1, 0.15) is 28.4 Å². The Balaban J connectivity index is 1.51. The number of benzene rings is 4. The lowest BCUT2D eigenvalue weighted by Crippen LogP contribution is -2.15. The van der Waals surface area contributed by atoms with E-state index in [0.29, 0.717) is 29.2 Å². The van der Waals surface area contributed by atoms with E-state index in [1.165, 1.54) is 13.0 Å². The van der Waals surface area contributed by atoms with Gasteiger partial charge in [0.1, 0.15) is 24.0 Å². The largest absolute Gasteiger partial charge is 0.489 e. The lowest BCUT2D eigenvalue weighted by atomic mass is 10.1. The average Bonchev–Trinajstić information content (AvgIpc) is 2.86. The molecule has 0 aliphatic carbocycles. The van der Waals surface area contributed by atoms with Gasteiger partial charge >= 0.3 is 0 Å². The van der Waals surface area contributed by atoms with Gasteiger partial charge in [0.05, 0.1) is 5.69 Å². The SMILES string of the molecule is CC(=O)c1ccccc1NC(=O)/C(C#N)=C\c1cccc(OCc2cccc3ccccc23)c1. The van der Waals surface area contributed by atoms with Gasteiger partial charge in [-0.3, -0.25) is 9.59 Å². The molecule has 0 radical (unpaired) electrons. The second-order valence-electron chi connectivity index (χ2n) is 7.73. The number of carbonyl (C=O) groups is 2. The zero-order valence-electron chi connectivity index (χ0n) is 18.6. The molecule has 0 heterocycles. The summed E-state index contributed by atoms with van der Waals surface area (Å²) in [5.41, 5.74) is 2.40. The van der Waals surface area contributed by atoms with Crippen LogP contribution in [0.5, 0.6) is 5.75 Å². The molecule has 166 valence electrons. The van der Waals surface area contributed by atoms with Crippen LogP contribution < -0.4 is 10.1 Å². The maximum absolute atomic E-state index is 12.7. The summed E-state index contributed by atoms with van der Waals surface area (Å²) in [6.45, 7) is 1.82. The number of fused-ring (bicyclic) bond motifs is 1. The molecular formula is C29H22N2O3. The normalized spacial score (nSPS) is 11.0. The second kappa shape index (κ2) is 10.3. The van der Waals surface area contributed by atoms with E-state index < -0.39 is 5.91 Å². The molecule has 0 fully saturated rings. The van der Waals surface area contributed by atoms with Crippen molar-refractivity contribution in [3.05, 3.63) is 113 Å². The van der Waals surface area contributed by atoms with Gasteiger partial charge in [0.25, 0.3) is 5.91 Å². The quantitative estimate of drug-likeness (QED) is 0.209. The smallest absolute Gasteiger partial charge is 0.266 e. The molecule has 0 bridgehead atoms. The van der Waals surface area contributed by atoms with Crippen LogP contribution in [0.2, 0.25) is 0 Å². The highest BCUT2D eigenvalue weighted by molar-refractivity contribution is 6.12. The molecule has 34 heavy (non-hydrogen) atoms. The summed E-state index contributed by atoms with van der Waals surface area (Å²) < 4.78 is 6.00. The Morgan fingerprint density at radius 1 is 0.941 bits per heavy atom. The number of ketones is 1. The minimum absolute atomic E-state index is 0.0791. The maximum Gasteiger partial charge on any atom is 0.266 e. The first-order valence-electron chi connectivity index (χ1n) is 10.8. The summed E-state index contributed by atoms with van der Waals surface area (Å²) in [4.78, 5) is 24.5. The van der Waals surface area contributed by atoms with Gasteiger partial charge in [-0.15, -0.1) is 0 Å². The molecule has 0 saturated carbocycles. The number of Topliss-reactive ketones (excluding diaryl/α,β-unsaturated/α-hetero) is 1. The van der Waals surface area contributed by atoms with Crippen molar-refractivity contribution in [2.75, 3.05) is 5.32 Å². The van der Waals surface area contributed by atoms with Gasteiger partial charge in [-0.25, -0.2) is 0 Å². The van der Waals surface area contributed by atoms with Crippen molar-refractivity contribution in [2.24, 2.45) is 0 Å². The lowest BCUT2D eigenvalue weighted by Gasteiger charge is -2.10. The third kappa shape index (κ3) is 5.20. The van der Waals surface area contributed by atoms with Crippen molar-refractivity contribution < 1.29 is 14.3 Å².